The number of ketones is 1. The molecule has 3 atom stereocenters. The van der Waals surface area contributed by atoms with Crippen LogP contribution in [-0.2, 0) is 4.79 Å². The fourth-order valence-electron chi connectivity index (χ4n) is 1.86. The van der Waals surface area contributed by atoms with Crippen molar-refractivity contribution in [2.45, 2.75) is 38.3 Å². The molecule has 0 heterocycles. The topological polar surface area (TPSA) is 41.1 Å². The van der Waals surface area contributed by atoms with Gasteiger partial charge < -0.3 is 10.6 Å². The molecule has 19 heavy (non-hydrogen) atoms. The van der Waals surface area contributed by atoms with Crippen molar-refractivity contribution in [2.24, 2.45) is 5.92 Å². The van der Waals surface area contributed by atoms with Crippen LogP contribution in [-0.4, -0.2) is 48.7 Å². The highest BCUT2D eigenvalue weighted by Crippen LogP contribution is 2.11. The minimum absolute atomic E-state index is 0.124. The Kier molecular flexibility index (Phi) is 12.8. The van der Waals surface area contributed by atoms with Gasteiger partial charge in [-0.15, -0.1) is 0 Å². The van der Waals surface area contributed by atoms with E-state index in [4.69, 9.17) is 0 Å². The van der Waals surface area contributed by atoms with E-state index >= 15 is 0 Å². The Morgan fingerprint density at radius 1 is 1.11 bits per heavy atom. The van der Waals surface area contributed by atoms with Gasteiger partial charge >= 0.3 is 0 Å². The van der Waals surface area contributed by atoms with Gasteiger partial charge in [0.1, 0.15) is 5.78 Å². The molecular formula is C13H28N2OS3. The summed E-state index contributed by atoms with van der Waals surface area (Å²) in [7, 11) is 1.96. The van der Waals surface area contributed by atoms with Crippen molar-refractivity contribution in [3.8, 4) is 0 Å². The van der Waals surface area contributed by atoms with Gasteiger partial charge in [0.25, 0.3) is 0 Å². The first-order valence-electron chi connectivity index (χ1n) is 6.88. The molecule has 0 fully saturated rings. The lowest BCUT2D eigenvalue weighted by Gasteiger charge is -2.22. The molecule has 0 aromatic heterocycles. The van der Waals surface area contributed by atoms with Gasteiger partial charge in [-0.05, 0) is 38.1 Å². The molecule has 6 heteroatoms. The van der Waals surface area contributed by atoms with Crippen LogP contribution < -0.4 is 10.6 Å². The van der Waals surface area contributed by atoms with Gasteiger partial charge in [0.15, 0.2) is 0 Å². The standard InChI is InChI=1S/C13H28N2OS3/c1-3-13(16)12(9-19)15-6-10(7-17)4-5-11(8-18)14-2/h10-12,14-15,17-19H,3-9H2,1-2H3/t10-,11-,12+/m1/s1. The maximum Gasteiger partial charge on any atom is 0.150 e. The second kappa shape index (κ2) is 12.4. The van der Waals surface area contributed by atoms with Crippen LogP contribution in [0.1, 0.15) is 26.2 Å². The number of nitrogens with one attached hydrogen (secondary N) is 2. The van der Waals surface area contributed by atoms with E-state index in [2.05, 4.69) is 48.5 Å². The molecule has 0 saturated heterocycles. The van der Waals surface area contributed by atoms with Gasteiger partial charge in [-0.25, -0.2) is 0 Å². The summed E-state index contributed by atoms with van der Waals surface area (Å²) >= 11 is 12.9. The molecule has 0 rings (SSSR count). The molecule has 114 valence electrons. The first-order valence-corrected chi connectivity index (χ1v) is 8.78. The zero-order valence-corrected chi connectivity index (χ0v) is 14.6. The SMILES string of the molecule is CCC(=O)[C@H](CS)NC[C@H](CS)CC[C@H](CS)NC. The second-order valence-electron chi connectivity index (χ2n) is 4.76. The molecule has 0 saturated carbocycles. The third-order valence-corrected chi connectivity index (χ3v) is 4.71. The van der Waals surface area contributed by atoms with Crippen LogP contribution in [0.2, 0.25) is 0 Å². The third-order valence-electron chi connectivity index (χ3n) is 3.38. The van der Waals surface area contributed by atoms with Gasteiger partial charge in [-0.2, -0.15) is 37.9 Å². The highest BCUT2D eigenvalue weighted by Gasteiger charge is 2.17. The molecule has 0 aliphatic rings. The van der Waals surface area contributed by atoms with Crippen LogP contribution in [0.4, 0.5) is 0 Å². The second-order valence-corrected chi connectivity index (χ2v) is 5.85. The number of rotatable bonds is 12. The van der Waals surface area contributed by atoms with Crippen LogP contribution in [0.15, 0.2) is 0 Å². The summed E-state index contributed by atoms with van der Waals surface area (Å²) in [5, 5.41) is 6.56. The Bertz CT molecular complexity index is 238. The van der Waals surface area contributed by atoms with E-state index in [9.17, 15) is 4.79 Å². The number of hydrogen-bond acceptors (Lipinski definition) is 6. The van der Waals surface area contributed by atoms with E-state index in [1.165, 1.54) is 0 Å². The lowest BCUT2D eigenvalue weighted by atomic mass is 10.0. The van der Waals surface area contributed by atoms with Gasteiger partial charge in [-0.3, -0.25) is 4.79 Å². The van der Waals surface area contributed by atoms with Crippen molar-refractivity contribution in [3.05, 3.63) is 0 Å². The number of hydrogen-bond donors (Lipinski definition) is 5. The quantitative estimate of drug-likeness (QED) is 0.355. The van der Waals surface area contributed by atoms with Crippen molar-refractivity contribution in [1.82, 2.24) is 10.6 Å². The predicted molar refractivity (Wildman–Crippen MR) is 94.2 cm³/mol. The first kappa shape index (κ1) is 19.6. The van der Waals surface area contributed by atoms with Crippen molar-refractivity contribution >= 4 is 43.7 Å². The first-order chi connectivity index (χ1) is 9.12. The molecule has 0 bridgehead atoms. The predicted octanol–water partition coefficient (Wildman–Crippen LogP) is 1.70. The van der Waals surface area contributed by atoms with Gasteiger partial charge in [-0.1, -0.05) is 6.92 Å². The molecule has 0 radical (unpaired) electrons. The molecule has 0 aliphatic heterocycles. The summed E-state index contributed by atoms with van der Waals surface area (Å²) in [6.07, 6.45) is 2.73. The van der Waals surface area contributed by atoms with Crippen LogP contribution >= 0.6 is 37.9 Å². The number of thiol groups is 3. The van der Waals surface area contributed by atoms with Crippen LogP contribution in [0, 0.1) is 5.92 Å². The lowest BCUT2D eigenvalue weighted by molar-refractivity contribution is -0.120. The fourth-order valence-corrected chi connectivity index (χ4v) is 2.87. The van der Waals surface area contributed by atoms with Crippen LogP contribution in [0.3, 0.4) is 0 Å². The summed E-state index contributed by atoms with van der Waals surface area (Å²) < 4.78 is 0. The number of carbonyl (C=O) groups excluding carboxylic acids is 1. The van der Waals surface area contributed by atoms with Gasteiger partial charge in [0.05, 0.1) is 6.04 Å². The van der Waals surface area contributed by atoms with Crippen molar-refractivity contribution in [1.29, 1.82) is 0 Å². The maximum absolute atomic E-state index is 11.7. The summed E-state index contributed by atoms with van der Waals surface area (Å²) in [5.74, 6) is 2.94. The Hall–Kier alpha value is 0.640. The lowest BCUT2D eigenvalue weighted by Crippen LogP contribution is -2.41. The largest absolute Gasteiger partial charge is 0.316 e. The van der Waals surface area contributed by atoms with E-state index in [0.29, 0.717) is 24.1 Å². The Morgan fingerprint density at radius 3 is 2.21 bits per heavy atom. The van der Waals surface area contributed by atoms with E-state index in [1.807, 2.05) is 14.0 Å². The van der Waals surface area contributed by atoms with Crippen molar-refractivity contribution < 1.29 is 4.79 Å². The van der Waals surface area contributed by atoms with Crippen LogP contribution in [0.25, 0.3) is 0 Å². The Morgan fingerprint density at radius 2 is 1.79 bits per heavy atom. The molecular weight excluding hydrogens is 296 g/mol. The average Bonchev–Trinajstić information content (AvgIpc) is 2.45. The minimum Gasteiger partial charge on any atom is -0.316 e. The number of Topliss-reactive ketones (excluding diaryl/α,β-unsaturated/α-hetero) is 1. The summed E-state index contributed by atoms with van der Waals surface area (Å²) in [4.78, 5) is 11.7. The Balaban J connectivity index is 4.07. The van der Waals surface area contributed by atoms with Crippen molar-refractivity contribution in [3.63, 3.8) is 0 Å². The molecule has 0 aliphatic carbocycles. The molecule has 0 amide bonds. The highest BCUT2D eigenvalue weighted by molar-refractivity contribution is 7.80. The minimum atomic E-state index is -0.124. The average molecular weight is 325 g/mol. The molecule has 2 N–H and O–H groups in total. The van der Waals surface area contributed by atoms with E-state index in [-0.39, 0.29) is 11.8 Å². The molecule has 0 spiro atoms. The molecule has 0 unspecified atom stereocenters. The zero-order chi connectivity index (χ0) is 14.7. The molecule has 0 aromatic rings. The summed E-state index contributed by atoms with van der Waals surface area (Å²) in [6, 6.07) is 0.323. The fraction of sp³-hybridized carbons (Fsp3) is 0.923. The zero-order valence-electron chi connectivity index (χ0n) is 11.9. The van der Waals surface area contributed by atoms with E-state index in [0.717, 1.165) is 30.9 Å². The third kappa shape index (κ3) is 8.50. The normalized spacial score (nSPS) is 16.1. The van der Waals surface area contributed by atoms with Gasteiger partial charge in [0.2, 0.25) is 0 Å². The highest BCUT2D eigenvalue weighted by atomic mass is 32.1. The number of carbonyl (C=O) groups is 1. The van der Waals surface area contributed by atoms with Crippen LogP contribution in [0.5, 0.6) is 0 Å². The summed E-state index contributed by atoms with van der Waals surface area (Å²) in [6.45, 7) is 2.71. The smallest absolute Gasteiger partial charge is 0.150 e. The van der Waals surface area contributed by atoms with Crippen molar-refractivity contribution in [2.75, 3.05) is 30.9 Å². The van der Waals surface area contributed by atoms with Gasteiger partial charge in [0, 0.05) is 24.0 Å². The molecule has 3 nitrogen and oxygen atoms in total. The Labute approximate surface area is 134 Å². The monoisotopic (exact) mass is 324 g/mol. The molecule has 0 aromatic carbocycles. The summed E-state index contributed by atoms with van der Waals surface area (Å²) in [5.41, 5.74) is 0. The van der Waals surface area contributed by atoms with E-state index < -0.39 is 0 Å². The van der Waals surface area contributed by atoms with E-state index in [1.54, 1.807) is 0 Å². The maximum atomic E-state index is 11.7.